The highest BCUT2D eigenvalue weighted by Gasteiger charge is 2.09. The van der Waals surface area contributed by atoms with Crippen molar-refractivity contribution in [2.24, 2.45) is 7.05 Å². The molecule has 0 aliphatic heterocycles. The average molecular weight is 256 g/mol. The molecule has 0 aliphatic carbocycles. The van der Waals surface area contributed by atoms with E-state index in [0.29, 0.717) is 11.6 Å². The predicted molar refractivity (Wildman–Crippen MR) is 69.4 cm³/mol. The maximum atomic E-state index is 5.74. The normalized spacial score (nSPS) is 10.6. The third-order valence-electron chi connectivity index (χ3n) is 2.77. The van der Waals surface area contributed by atoms with Crippen molar-refractivity contribution in [3.63, 3.8) is 0 Å². The first kappa shape index (κ1) is 11.5. The van der Waals surface area contributed by atoms with Crippen molar-refractivity contribution in [2.45, 2.75) is 0 Å². The first-order valence-corrected chi connectivity index (χ1v) is 5.72. The summed E-state index contributed by atoms with van der Waals surface area (Å²) < 4.78 is 12.5. The molecule has 3 aromatic rings. The SMILES string of the molecule is COc1ccc(Oc2ncnc3c2cnn3C)cc1. The molecular formula is C13H12N4O2. The summed E-state index contributed by atoms with van der Waals surface area (Å²) in [7, 11) is 3.45. The van der Waals surface area contributed by atoms with E-state index in [-0.39, 0.29) is 0 Å². The van der Waals surface area contributed by atoms with E-state index in [1.807, 2.05) is 31.3 Å². The fraction of sp³-hybridized carbons (Fsp3) is 0.154. The molecule has 0 spiro atoms. The summed E-state index contributed by atoms with van der Waals surface area (Å²) in [6.07, 6.45) is 3.15. The number of benzene rings is 1. The van der Waals surface area contributed by atoms with Gasteiger partial charge in [-0.25, -0.2) is 9.97 Å². The van der Waals surface area contributed by atoms with E-state index in [1.165, 1.54) is 6.33 Å². The number of methoxy groups -OCH3 is 1. The largest absolute Gasteiger partial charge is 0.497 e. The Bertz CT molecular complexity index is 706. The van der Waals surface area contributed by atoms with Gasteiger partial charge in [0.1, 0.15) is 23.2 Å². The Kier molecular flexibility index (Phi) is 2.75. The van der Waals surface area contributed by atoms with Crippen molar-refractivity contribution in [1.29, 1.82) is 0 Å². The zero-order chi connectivity index (χ0) is 13.2. The Morgan fingerprint density at radius 2 is 1.79 bits per heavy atom. The summed E-state index contributed by atoms with van der Waals surface area (Å²) in [4.78, 5) is 8.30. The van der Waals surface area contributed by atoms with Gasteiger partial charge in [-0.2, -0.15) is 5.10 Å². The molecule has 2 aromatic heterocycles. The Morgan fingerprint density at radius 1 is 1.05 bits per heavy atom. The molecule has 6 heteroatoms. The Labute approximate surface area is 109 Å². The zero-order valence-corrected chi connectivity index (χ0v) is 10.6. The molecule has 0 amide bonds. The molecule has 2 heterocycles. The fourth-order valence-electron chi connectivity index (χ4n) is 1.78. The number of hydrogen-bond donors (Lipinski definition) is 0. The second-order valence-electron chi connectivity index (χ2n) is 3.96. The quantitative estimate of drug-likeness (QED) is 0.718. The van der Waals surface area contributed by atoms with Crippen LogP contribution in [0.4, 0.5) is 0 Å². The van der Waals surface area contributed by atoms with Gasteiger partial charge in [0.2, 0.25) is 5.88 Å². The van der Waals surface area contributed by atoms with Crippen molar-refractivity contribution in [2.75, 3.05) is 7.11 Å². The van der Waals surface area contributed by atoms with E-state index < -0.39 is 0 Å². The summed E-state index contributed by atoms with van der Waals surface area (Å²) in [5, 5.41) is 4.92. The number of nitrogens with zero attached hydrogens (tertiary/aromatic N) is 4. The molecule has 0 aliphatic rings. The van der Waals surface area contributed by atoms with Gasteiger partial charge in [-0.15, -0.1) is 0 Å². The third-order valence-corrected chi connectivity index (χ3v) is 2.77. The van der Waals surface area contributed by atoms with Crippen LogP contribution < -0.4 is 9.47 Å². The first-order valence-electron chi connectivity index (χ1n) is 5.72. The van der Waals surface area contributed by atoms with E-state index in [0.717, 1.165) is 16.8 Å². The minimum Gasteiger partial charge on any atom is -0.497 e. The topological polar surface area (TPSA) is 62.1 Å². The van der Waals surface area contributed by atoms with Crippen molar-refractivity contribution in [3.8, 4) is 17.4 Å². The van der Waals surface area contributed by atoms with E-state index in [1.54, 1.807) is 18.0 Å². The first-order chi connectivity index (χ1) is 9.28. The molecule has 0 N–H and O–H groups in total. The van der Waals surface area contributed by atoms with Crippen molar-refractivity contribution in [1.82, 2.24) is 19.7 Å². The number of fused-ring (bicyclic) bond motifs is 1. The lowest BCUT2D eigenvalue weighted by molar-refractivity contribution is 0.412. The molecule has 0 bridgehead atoms. The highest BCUT2D eigenvalue weighted by atomic mass is 16.5. The molecule has 0 saturated carbocycles. The molecule has 1 aromatic carbocycles. The molecule has 96 valence electrons. The second-order valence-corrected chi connectivity index (χ2v) is 3.96. The number of aryl methyl sites for hydroxylation is 1. The van der Waals surface area contributed by atoms with Gasteiger partial charge < -0.3 is 9.47 Å². The smallest absolute Gasteiger partial charge is 0.233 e. The minimum absolute atomic E-state index is 0.489. The molecule has 3 rings (SSSR count). The lowest BCUT2D eigenvalue weighted by atomic mass is 10.3. The van der Waals surface area contributed by atoms with Crippen molar-refractivity contribution in [3.05, 3.63) is 36.8 Å². The fourth-order valence-corrected chi connectivity index (χ4v) is 1.78. The highest BCUT2D eigenvalue weighted by Crippen LogP contribution is 2.27. The Balaban J connectivity index is 1.96. The highest BCUT2D eigenvalue weighted by molar-refractivity contribution is 5.79. The van der Waals surface area contributed by atoms with Crippen LogP contribution in [0.1, 0.15) is 0 Å². The minimum atomic E-state index is 0.489. The lowest BCUT2D eigenvalue weighted by Gasteiger charge is -2.06. The molecule has 0 radical (unpaired) electrons. The van der Waals surface area contributed by atoms with Gasteiger partial charge in [0, 0.05) is 7.05 Å². The Hall–Kier alpha value is -2.63. The van der Waals surface area contributed by atoms with E-state index in [2.05, 4.69) is 15.1 Å². The van der Waals surface area contributed by atoms with Gasteiger partial charge >= 0.3 is 0 Å². The standard InChI is InChI=1S/C13H12N4O2/c1-17-12-11(7-16-17)13(15-8-14-12)19-10-5-3-9(18-2)4-6-10/h3-8H,1-2H3. The molecule has 6 nitrogen and oxygen atoms in total. The predicted octanol–water partition coefficient (Wildman–Crippen LogP) is 2.16. The van der Waals surface area contributed by atoms with E-state index in [9.17, 15) is 0 Å². The van der Waals surface area contributed by atoms with Gasteiger partial charge in [0.25, 0.3) is 0 Å². The number of aromatic nitrogens is 4. The zero-order valence-electron chi connectivity index (χ0n) is 10.6. The maximum absolute atomic E-state index is 5.74. The van der Waals surface area contributed by atoms with Crippen LogP contribution in [0, 0.1) is 0 Å². The number of ether oxygens (including phenoxy) is 2. The molecule has 0 unspecified atom stereocenters. The number of rotatable bonds is 3. The molecule has 0 fully saturated rings. The van der Waals surface area contributed by atoms with Crippen LogP contribution in [0.2, 0.25) is 0 Å². The summed E-state index contributed by atoms with van der Waals surface area (Å²) in [5.41, 5.74) is 0.735. The van der Waals surface area contributed by atoms with Gasteiger partial charge in [0.05, 0.1) is 13.3 Å². The van der Waals surface area contributed by atoms with Crippen molar-refractivity contribution >= 4 is 11.0 Å². The summed E-state index contributed by atoms with van der Waals surface area (Å²) in [5.74, 6) is 1.95. The summed E-state index contributed by atoms with van der Waals surface area (Å²) >= 11 is 0. The average Bonchev–Trinajstić information content (AvgIpc) is 2.83. The van der Waals surface area contributed by atoms with Crippen LogP contribution >= 0.6 is 0 Å². The summed E-state index contributed by atoms with van der Waals surface area (Å²) in [6, 6.07) is 7.31. The van der Waals surface area contributed by atoms with E-state index in [4.69, 9.17) is 9.47 Å². The van der Waals surface area contributed by atoms with Crippen LogP contribution in [0.3, 0.4) is 0 Å². The second kappa shape index (κ2) is 4.56. The van der Waals surface area contributed by atoms with Crippen molar-refractivity contribution < 1.29 is 9.47 Å². The van der Waals surface area contributed by atoms with Crippen LogP contribution in [0.5, 0.6) is 17.4 Å². The molecule has 0 saturated heterocycles. The molecule has 0 atom stereocenters. The lowest BCUT2D eigenvalue weighted by Crippen LogP contribution is -1.94. The number of hydrogen-bond acceptors (Lipinski definition) is 5. The Morgan fingerprint density at radius 3 is 2.53 bits per heavy atom. The van der Waals surface area contributed by atoms with Crippen LogP contribution in [-0.4, -0.2) is 26.9 Å². The van der Waals surface area contributed by atoms with Crippen LogP contribution in [0.15, 0.2) is 36.8 Å². The van der Waals surface area contributed by atoms with E-state index >= 15 is 0 Å². The van der Waals surface area contributed by atoms with Gasteiger partial charge in [-0.1, -0.05) is 0 Å². The summed E-state index contributed by atoms with van der Waals surface area (Å²) in [6.45, 7) is 0. The van der Waals surface area contributed by atoms with Gasteiger partial charge in [-0.3, -0.25) is 4.68 Å². The monoisotopic (exact) mass is 256 g/mol. The van der Waals surface area contributed by atoms with Crippen LogP contribution in [0.25, 0.3) is 11.0 Å². The van der Waals surface area contributed by atoms with Gasteiger partial charge in [0.15, 0.2) is 5.65 Å². The third kappa shape index (κ3) is 2.08. The molecular weight excluding hydrogens is 244 g/mol. The van der Waals surface area contributed by atoms with Crippen LogP contribution in [-0.2, 0) is 7.05 Å². The van der Waals surface area contributed by atoms with Gasteiger partial charge in [-0.05, 0) is 24.3 Å². The molecule has 19 heavy (non-hydrogen) atoms. The maximum Gasteiger partial charge on any atom is 0.233 e.